The normalized spacial score (nSPS) is 28.9. The third-order valence-electron chi connectivity index (χ3n) is 4.83. The SMILES string of the molecule is CCC1(S(=O)(=O)NC(=O)C2CCCC2(C)C)CC1. The van der Waals surface area contributed by atoms with Crippen molar-refractivity contribution in [2.45, 2.75) is 64.0 Å². The lowest BCUT2D eigenvalue weighted by Crippen LogP contribution is -2.44. The number of nitrogens with one attached hydrogen (secondary N) is 1. The molecule has 1 atom stereocenters. The summed E-state index contributed by atoms with van der Waals surface area (Å²) in [6.45, 7) is 5.96. The Balaban J connectivity index is 2.09. The zero-order valence-electron chi connectivity index (χ0n) is 11.5. The number of carbonyl (C=O) groups is 1. The van der Waals surface area contributed by atoms with Crippen molar-refractivity contribution in [3.05, 3.63) is 0 Å². The highest BCUT2D eigenvalue weighted by molar-refractivity contribution is 7.91. The fourth-order valence-corrected chi connectivity index (χ4v) is 4.72. The van der Waals surface area contributed by atoms with Crippen molar-refractivity contribution < 1.29 is 13.2 Å². The van der Waals surface area contributed by atoms with Gasteiger partial charge in [-0.05, 0) is 37.5 Å². The second-order valence-corrected chi connectivity index (χ2v) is 8.52. The highest BCUT2D eigenvalue weighted by atomic mass is 32.2. The van der Waals surface area contributed by atoms with Crippen LogP contribution in [0.15, 0.2) is 0 Å². The standard InChI is InChI=1S/C13H23NO3S/c1-4-13(8-9-13)18(16,17)14-11(15)10-6-5-7-12(10,2)3/h10H,4-9H2,1-3H3,(H,14,15). The summed E-state index contributed by atoms with van der Waals surface area (Å²) in [5.41, 5.74) is -0.0808. The predicted octanol–water partition coefficient (Wildman–Crippen LogP) is 2.20. The van der Waals surface area contributed by atoms with E-state index in [9.17, 15) is 13.2 Å². The largest absolute Gasteiger partial charge is 0.274 e. The Labute approximate surface area is 110 Å². The Morgan fingerprint density at radius 3 is 2.28 bits per heavy atom. The van der Waals surface area contributed by atoms with E-state index in [1.165, 1.54) is 0 Å². The average molecular weight is 273 g/mol. The number of amides is 1. The van der Waals surface area contributed by atoms with E-state index in [0.29, 0.717) is 19.3 Å². The zero-order chi connectivity index (χ0) is 13.6. The van der Waals surface area contributed by atoms with Gasteiger partial charge in [0.2, 0.25) is 15.9 Å². The number of hydrogen-bond acceptors (Lipinski definition) is 3. The Morgan fingerprint density at radius 2 is 1.89 bits per heavy atom. The minimum absolute atomic E-state index is 0.0808. The molecule has 0 aromatic heterocycles. The van der Waals surface area contributed by atoms with Crippen molar-refractivity contribution in [2.24, 2.45) is 11.3 Å². The van der Waals surface area contributed by atoms with Crippen LogP contribution in [0.1, 0.15) is 59.3 Å². The van der Waals surface area contributed by atoms with Crippen molar-refractivity contribution in [1.29, 1.82) is 0 Å². The lowest BCUT2D eigenvalue weighted by molar-refractivity contribution is -0.125. The summed E-state index contributed by atoms with van der Waals surface area (Å²) in [5.74, 6) is -0.461. The fraction of sp³-hybridized carbons (Fsp3) is 0.923. The van der Waals surface area contributed by atoms with Crippen molar-refractivity contribution in [3.8, 4) is 0 Å². The number of sulfonamides is 1. The molecule has 4 nitrogen and oxygen atoms in total. The number of rotatable bonds is 4. The van der Waals surface area contributed by atoms with Gasteiger partial charge in [0.1, 0.15) is 0 Å². The van der Waals surface area contributed by atoms with E-state index >= 15 is 0 Å². The van der Waals surface area contributed by atoms with Gasteiger partial charge in [-0.25, -0.2) is 8.42 Å². The van der Waals surface area contributed by atoms with Crippen LogP contribution in [0.2, 0.25) is 0 Å². The van der Waals surface area contributed by atoms with Crippen LogP contribution >= 0.6 is 0 Å². The van der Waals surface area contributed by atoms with E-state index in [-0.39, 0.29) is 17.2 Å². The predicted molar refractivity (Wildman–Crippen MR) is 70.4 cm³/mol. The Hall–Kier alpha value is -0.580. The fourth-order valence-electron chi connectivity index (χ4n) is 3.08. The summed E-state index contributed by atoms with van der Waals surface area (Å²) >= 11 is 0. The number of hydrogen-bond donors (Lipinski definition) is 1. The highest BCUT2D eigenvalue weighted by Crippen LogP contribution is 2.47. The number of carbonyl (C=O) groups excluding carboxylic acids is 1. The molecule has 1 N–H and O–H groups in total. The molecule has 0 aromatic carbocycles. The first kappa shape index (κ1) is 13.8. The summed E-state index contributed by atoms with van der Waals surface area (Å²) in [6, 6.07) is 0. The maximum atomic E-state index is 12.2. The molecule has 0 heterocycles. The van der Waals surface area contributed by atoms with Crippen molar-refractivity contribution in [1.82, 2.24) is 4.72 Å². The smallest absolute Gasteiger partial charge is 0.240 e. The minimum atomic E-state index is -3.49. The van der Waals surface area contributed by atoms with Gasteiger partial charge in [0.05, 0.1) is 4.75 Å². The quantitative estimate of drug-likeness (QED) is 0.854. The van der Waals surface area contributed by atoms with Crippen LogP contribution in [0.4, 0.5) is 0 Å². The second kappa shape index (κ2) is 4.22. The molecule has 0 bridgehead atoms. The molecule has 18 heavy (non-hydrogen) atoms. The molecule has 1 unspecified atom stereocenters. The molecule has 2 saturated carbocycles. The zero-order valence-corrected chi connectivity index (χ0v) is 12.3. The van der Waals surface area contributed by atoms with Gasteiger partial charge in [-0.3, -0.25) is 9.52 Å². The molecule has 0 aliphatic heterocycles. The Morgan fingerprint density at radius 1 is 1.28 bits per heavy atom. The van der Waals surface area contributed by atoms with E-state index in [1.54, 1.807) is 0 Å². The first-order valence-electron chi connectivity index (χ1n) is 6.80. The van der Waals surface area contributed by atoms with Crippen LogP contribution in [0.25, 0.3) is 0 Å². The third-order valence-corrected chi connectivity index (χ3v) is 7.14. The molecule has 2 rings (SSSR count). The molecule has 104 valence electrons. The van der Waals surface area contributed by atoms with Gasteiger partial charge in [-0.2, -0.15) is 0 Å². The summed E-state index contributed by atoms with van der Waals surface area (Å²) in [6.07, 6.45) is 4.74. The third kappa shape index (κ3) is 2.17. The molecule has 2 fully saturated rings. The van der Waals surface area contributed by atoms with Crippen molar-refractivity contribution >= 4 is 15.9 Å². The second-order valence-electron chi connectivity index (χ2n) is 6.44. The monoisotopic (exact) mass is 273 g/mol. The van der Waals surface area contributed by atoms with Crippen molar-refractivity contribution in [3.63, 3.8) is 0 Å². The van der Waals surface area contributed by atoms with Gasteiger partial charge < -0.3 is 0 Å². The van der Waals surface area contributed by atoms with Crippen LogP contribution in [-0.4, -0.2) is 19.1 Å². The van der Waals surface area contributed by atoms with Gasteiger partial charge in [-0.1, -0.05) is 27.2 Å². The molecule has 5 heteroatoms. The topological polar surface area (TPSA) is 63.2 Å². The van der Waals surface area contributed by atoms with E-state index in [1.807, 2.05) is 20.8 Å². The lowest BCUT2D eigenvalue weighted by atomic mass is 9.81. The van der Waals surface area contributed by atoms with Crippen molar-refractivity contribution in [2.75, 3.05) is 0 Å². The molecule has 1 amide bonds. The van der Waals surface area contributed by atoms with E-state index in [4.69, 9.17) is 0 Å². The summed E-state index contributed by atoms with van der Waals surface area (Å²) in [7, 11) is -3.49. The van der Waals surface area contributed by atoms with Gasteiger partial charge in [-0.15, -0.1) is 0 Å². The summed E-state index contributed by atoms with van der Waals surface area (Å²) in [5, 5.41) is 0. The molecule has 0 saturated heterocycles. The maximum absolute atomic E-state index is 12.2. The van der Waals surface area contributed by atoms with Crippen LogP contribution in [-0.2, 0) is 14.8 Å². The summed E-state index contributed by atoms with van der Waals surface area (Å²) < 4.78 is 26.1. The average Bonchev–Trinajstić information content (AvgIpc) is 2.97. The van der Waals surface area contributed by atoms with E-state index < -0.39 is 14.8 Å². The van der Waals surface area contributed by atoms with Crippen LogP contribution in [0.5, 0.6) is 0 Å². The lowest BCUT2D eigenvalue weighted by Gasteiger charge is -2.26. The highest BCUT2D eigenvalue weighted by Gasteiger charge is 2.54. The minimum Gasteiger partial charge on any atom is -0.274 e. The Bertz CT molecular complexity index is 449. The van der Waals surface area contributed by atoms with Gasteiger partial charge >= 0.3 is 0 Å². The van der Waals surface area contributed by atoms with Gasteiger partial charge in [0.25, 0.3) is 0 Å². The van der Waals surface area contributed by atoms with Crippen LogP contribution < -0.4 is 4.72 Å². The molecule has 2 aliphatic carbocycles. The molecule has 0 aromatic rings. The maximum Gasteiger partial charge on any atom is 0.240 e. The van der Waals surface area contributed by atoms with E-state index in [2.05, 4.69) is 4.72 Å². The Kier molecular flexibility index (Phi) is 3.24. The first-order chi connectivity index (χ1) is 8.24. The molecule has 0 radical (unpaired) electrons. The first-order valence-corrected chi connectivity index (χ1v) is 8.29. The molecular formula is C13H23NO3S. The van der Waals surface area contributed by atoms with Crippen LogP contribution in [0, 0.1) is 11.3 Å². The molecule has 0 spiro atoms. The molecule has 2 aliphatic rings. The van der Waals surface area contributed by atoms with Gasteiger partial charge in [0.15, 0.2) is 0 Å². The van der Waals surface area contributed by atoms with Gasteiger partial charge in [0, 0.05) is 5.92 Å². The van der Waals surface area contributed by atoms with Crippen LogP contribution in [0.3, 0.4) is 0 Å². The summed E-state index contributed by atoms with van der Waals surface area (Å²) in [4.78, 5) is 12.2. The van der Waals surface area contributed by atoms with E-state index in [0.717, 1.165) is 19.3 Å². The molecular weight excluding hydrogens is 250 g/mol.